The van der Waals surface area contributed by atoms with E-state index < -0.39 is 0 Å². The van der Waals surface area contributed by atoms with E-state index in [-0.39, 0.29) is 29.4 Å². The number of hydrogen-bond donors (Lipinski definition) is 0. The van der Waals surface area contributed by atoms with Gasteiger partial charge in [-0.15, -0.1) is 0 Å². The van der Waals surface area contributed by atoms with E-state index in [1.807, 2.05) is 13.8 Å². The Bertz CT molecular complexity index is 977. The molecule has 1 unspecified atom stereocenters. The van der Waals surface area contributed by atoms with Gasteiger partial charge in [-0.3, -0.25) is 4.79 Å². The standard InChI is InChI=1S/C22H24FN3O3/c1-14(2)18-12-20(29-25-18)22(27)26-10-4-3-5-19(26)21-24-13-17(28-21)11-15-6-8-16(23)9-7-15/h6-9,12-14,19H,3-5,10-11H2,1-2H3. The average Bonchev–Trinajstić information content (AvgIpc) is 3.39. The quantitative estimate of drug-likeness (QED) is 0.613. The molecule has 1 fully saturated rings. The molecule has 0 spiro atoms. The fourth-order valence-electron chi connectivity index (χ4n) is 3.60. The Morgan fingerprint density at radius 1 is 1.28 bits per heavy atom. The number of benzene rings is 1. The summed E-state index contributed by atoms with van der Waals surface area (Å²) < 4.78 is 24.4. The van der Waals surface area contributed by atoms with Gasteiger partial charge >= 0.3 is 0 Å². The molecule has 2 aromatic heterocycles. The molecule has 1 atom stereocenters. The first-order valence-corrected chi connectivity index (χ1v) is 9.98. The number of halogens is 1. The van der Waals surface area contributed by atoms with Gasteiger partial charge in [-0.1, -0.05) is 31.1 Å². The first-order valence-electron chi connectivity index (χ1n) is 9.98. The van der Waals surface area contributed by atoms with Crippen molar-refractivity contribution in [3.8, 4) is 0 Å². The Morgan fingerprint density at radius 2 is 2.07 bits per heavy atom. The van der Waals surface area contributed by atoms with Gasteiger partial charge in [0.1, 0.15) is 17.6 Å². The van der Waals surface area contributed by atoms with Crippen molar-refractivity contribution in [2.75, 3.05) is 6.54 Å². The van der Waals surface area contributed by atoms with Crippen LogP contribution in [-0.4, -0.2) is 27.5 Å². The summed E-state index contributed by atoms with van der Waals surface area (Å²) in [7, 11) is 0. The summed E-state index contributed by atoms with van der Waals surface area (Å²) in [6.45, 7) is 4.63. The maximum absolute atomic E-state index is 13.1. The molecular weight excluding hydrogens is 373 g/mol. The topological polar surface area (TPSA) is 72.4 Å². The summed E-state index contributed by atoms with van der Waals surface area (Å²) in [5.41, 5.74) is 1.70. The van der Waals surface area contributed by atoms with Crippen molar-refractivity contribution in [1.29, 1.82) is 0 Å². The molecule has 0 bridgehead atoms. The predicted octanol–water partition coefficient (Wildman–Crippen LogP) is 4.88. The highest BCUT2D eigenvalue weighted by Crippen LogP contribution is 2.32. The summed E-state index contributed by atoms with van der Waals surface area (Å²) in [5, 5.41) is 4.00. The van der Waals surface area contributed by atoms with Crippen LogP contribution in [0.1, 0.15) is 78.5 Å². The van der Waals surface area contributed by atoms with E-state index in [1.54, 1.807) is 29.3 Å². The molecule has 0 saturated carbocycles. The number of hydrogen-bond acceptors (Lipinski definition) is 5. The Morgan fingerprint density at radius 3 is 2.79 bits per heavy atom. The Kier molecular flexibility index (Phi) is 5.47. The van der Waals surface area contributed by atoms with Crippen molar-refractivity contribution in [1.82, 2.24) is 15.0 Å². The highest BCUT2D eigenvalue weighted by molar-refractivity contribution is 5.91. The minimum atomic E-state index is -0.267. The molecule has 0 N–H and O–H groups in total. The molecule has 0 aliphatic carbocycles. The van der Waals surface area contributed by atoms with Crippen LogP contribution in [-0.2, 0) is 6.42 Å². The van der Waals surface area contributed by atoms with Gasteiger partial charge in [0.15, 0.2) is 0 Å². The van der Waals surface area contributed by atoms with E-state index >= 15 is 0 Å². The molecule has 4 rings (SSSR count). The molecular formula is C22H24FN3O3. The lowest BCUT2D eigenvalue weighted by molar-refractivity contribution is 0.0528. The van der Waals surface area contributed by atoms with E-state index in [0.29, 0.717) is 24.6 Å². The van der Waals surface area contributed by atoms with Gasteiger partial charge < -0.3 is 13.8 Å². The molecule has 1 aromatic carbocycles. The molecule has 3 heterocycles. The van der Waals surface area contributed by atoms with Gasteiger partial charge in [-0.2, -0.15) is 0 Å². The second-order valence-electron chi connectivity index (χ2n) is 7.75. The minimum absolute atomic E-state index is 0.188. The lowest BCUT2D eigenvalue weighted by Gasteiger charge is -2.32. The SMILES string of the molecule is CC(C)c1cc(C(=O)N2CCCCC2c2ncc(Cc3ccc(F)cc3)o2)on1. The number of rotatable bonds is 5. The maximum Gasteiger partial charge on any atom is 0.293 e. The van der Waals surface area contributed by atoms with Crippen LogP contribution in [0.15, 0.2) is 45.5 Å². The molecule has 1 aliphatic rings. The van der Waals surface area contributed by atoms with Crippen LogP contribution >= 0.6 is 0 Å². The third-order valence-corrected chi connectivity index (χ3v) is 5.24. The van der Waals surface area contributed by atoms with Crippen LogP contribution in [0.25, 0.3) is 0 Å². The third-order valence-electron chi connectivity index (χ3n) is 5.24. The zero-order chi connectivity index (χ0) is 20.4. The number of likely N-dealkylation sites (tertiary alicyclic amines) is 1. The molecule has 1 amide bonds. The Hall–Kier alpha value is -2.96. The molecule has 0 radical (unpaired) electrons. The van der Waals surface area contributed by atoms with E-state index in [1.165, 1.54) is 12.1 Å². The highest BCUT2D eigenvalue weighted by atomic mass is 19.1. The molecule has 1 aliphatic heterocycles. The summed E-state index contributed by atoms with van der Waals surface area (Å²) >= 11 is 0. The lowest BCUT2D eigenvalue weighted by atomic mass is 10.0. The number of aromatic nitrogens is 2. The van der Waals surface area contributed by atoms with Crippen molar-refractivity contribution in [2.24, 2.45) is 0 Å². The zero-order valence-electron chi connectivity index (χ0n) is 16.6. The van der Waals surface area contributed by atoms with E-state index in [9.17, 15) is 9.18 Å². The molecule has 152 valence electrons. The number of carbonyl (C=O) groups is 1. The third kappa shape index (κ3) is 4.23. The van der Waals surface area contributed by atoms with Crippen molar-refractivity contribution in [3.05, 3.63) is 71.0 Å². The van der Waals surface area contributed by atoms with Gasteiger partial charge in [0, 0.05) is 19.0 Å². The van der Waals surface area contributed by atoms with Gasteiger partial charge in [0.25, 0.3) is 5.91 Å². The second kappa shape index (κ2) is 8.19. The number of nitrogens with zero attached hydrogens (tertiary/aromatic N) is 3. The number of amides is 1. The fraction of sp³-hybridized carbons (Fsp3) is 0.409. The normalized spacial score (nSPS) is 17.1. The predicted molar refractivity (Wildman–Crippen MR) is 104 cm³/mol. The van der Waals surface area contributed by atoms with Crippen LogP contribution < -0.4 is 0 Å². The van der Waals surface area contributed by atoms with Crippen LogP contribution in [0.3, 0.4) is 0 Å². The second-order valence-corrected chi connectivity index (χ2v) is 7.75. The fourth-order valence-corrected chi connectivity index (χ4v) is 3.60. The summed E-state index contributed by atoms with van der Waals surface area (Å²) in [6.07, 6.45) is 4.91. The lowest BCUT2D eigenvalue weighted by Crippen LogP contribution is -2.38. The van der Waals surface area contributed by atoms with Crippen LogP contribution in [0.5, 0.6) is 0 Å². The van der Waals surface area contributed by atoms with E-state index in [0.717, 1.165) is 30.5 Å². The van der Waals surface area contributed by atoms with Crippen LogP contribution in [0, 0.1) is 5.82 Å². The van der Waals surface area contributed by atoms with Crippen LogP contribution in [0.2, 0.25) is 0 Å². The van der Waals surface area contributed by atoms with E-state index in [2.05, 4.69) is 10.1 Å². The Labute approximate surface area is 168 Å². The largest absolute Gasteiger partial charge is 0.443 e. The zero-order valence-corrected chi connectivity index (χ0v) is 16.6. The van der Waals surface area contributed by atoms with Crippen molar-refractivity contribution in [3.63, 3.8) is 0 Å². The highest BCUT2D eigenvalue weighted by Gasteiger charge is 2.33. The monoisotopic (exact) mass is 397 g/mol. The van der Waals surface area contributed by atoms with Crippen molar-refractivity contribution >= 4 is 5.91 Å². The van der Waals surface area contributed by atoms with Gasteiger partial charge in [0.2, 0.25) is 11.7 Å². The minimum Gasteiger partial charge on any atom is -0.443 e. The summed E-state index contributed by atoms with van der Waals surface area (Å²) in [6, 6.07) is 7.79. The molecule has 29 heavy (non-hydrogen) atoms. The maximum atomic E-state index is 13.1. The number of carbonyl (C=O) groups excluding carboxylic acids is 1. The number of oxazole rings is 1. The number of piperidine rings is 1. The first kappa shape index (κ1) is 19.4. The van der Waals surface area contributed by atoms with Crippen LogP contribution in [0.4, 0.5) is 4.39 Å². The van der Waals surface area contributed by atoms with Gasteiger partial charge in [-0.05, 0) is 42.9 Å². The van der Waals surface area contributed by atoms with Gasteiger partial charge in [-0.25, -0.2) is 9.37 Å². The summed E-state index contributed by atoms with van der Waals surface area (Å²) in [5.74, 6) is 1.20. The van der Waals surface area contributed by atoms with Crippen molar-refractivity contribution in [2.45, 2.75) is 51.5 Å². The molecule has 6 nitrogen and oxygen atoms in total. The molecule has 3 aromatic rings. The average molecular weight is 397 g/mol. The smallest absolute Gasteiger partial charge is 0.293 e. The van der Waals surface area contributed by atoms with Gasteiger partial charge in [0.05, 0.1) is 11.9 Å². The molecule has 7 heteroatoms. The summed E-state index contributed by atoms with van der Waals surface area (Å²) in [4.78, 5) is 19.2. The van der Waals surface area contributed by atoms with E-state index in [4.69, 9.17) is 8.94 Å². The molecule has 1 saturated heterocycles. The van der Waals surface area contributed by atoms with Crippen molar-refractivity contribution < 1.29 is 18.1 Å². The Balaban J connectivity index is 1.52. The first-order chi connectivity index (χ1) is 14.0.